The molecule has 1 amide bonds. The number of carboxylic acid groups (broad SMARTS) is 1. The van der Waals surface area contributed by atoms with Gasteiger partial charge in [0, 0.05) is 18.5 Å². The molecule has 1 heterocycles. The Morgan fingerprint density at radius 3 is 2.67 bits per heavy atom. The molecule has 7 heteroatoms. The van der Waals surface area contributed by atoms with E-state index in [-0.39, 0.29) is 21.6 Å². The van der Waals surface area contributed by atoms with Gasteiger partial charge in [-0.3, -0.25) is 10.1 Å². The second kappa shape index (κ2) is 6.76. The van der Waals surface area contributed by atoms with E-state index in [9.17, 15) is 20.0 Å². The molecule has 24 heavy (non-hydrogen) atoms. The lowest BCUT2D eigenvalue weighted by Crippen LogP contribution is -2.67. The summed E-state index contributed by atoms with van der Waals surface area (Å²) in [6, 6.07) is 6.54. The van der Waals surface area contributed by atoms with Crippen LogP contribution in [0.3, 0.4) is 0 Å². The van der Waals surface area contributed by atoms with Crippen molar-refractivity contribution in [2.24, 2.45) is 5.92 Å². The van der Waals surface area contributed by atoms with E-state index in [2.05, 4.69) is 5.32 Å². The summed E-state index contributed by atoms with van der Waals surface area (Å²) >= 11 is 0. The van der Waals surface area contributed by atoms with Crippen molar-refractivity contribution in [1.29, 1.82) is 0 Å². The smallest absolute Gasteiger partial charge is 0.435 e. The topological polar surface area (TPSA) is 92.5 Å². The molecular weight excluding hydrogens is 310 g/mol. The maximum Gasteiger partial charge on any atom is 0.513 e. The molecule has 0 saturated carbocycles. The Balaban J connectivity index is 2.12. The fourth-order valence-corrected chi connectivity index (χ4v) is 3.55. The molecule has 1 unspecified atom stereocenters. The SMILES string of the molecule is CC(C)(C)[N+]1(C(=O)O)CCC[C@@H](CNc2ccccc2[N+](=O)[O-])C1. The molecule has 1 saturated heterocycles. The lowest BCUT2D eigenvalue weighted by molar-refractivity contribution is -0.911. The molecule has 1 fully saturated rings. The van der Waals surface area contributed by atoms with Gasteiger partial charge in [0.25, 0.3) is 5.69 Å². The van der Waals surface area contributed by atoms with Crippen LogP contribution in [0.2, 0.25) is 0 Å². The molecule has 132 valence electrons. The van der Waals surface area contributed by atoms with Gasteiger partial charge in [0.05, 0.1) is 18.0 Å². The summed E-state index contributed by atoms with van der Waals surface area (Å²) in [6.07, 6.45) is 0.974. The minimum Gasteiger partial charge on any atom is -0.435 e. The van der Waals surface area contributed by atoms with Crippen molar-refractivity contribution < 1.29 is 19.3 Å². The third-order valence-corrected chi connectivity index (χ3v) is 5.05. The zero-order valence-corrected chi connectivity index (χ0v) is 14.5. The molecule has 1 aromatic rings. The third kappa shape index (κ3) is 3.51. The van der Waals surface area contributed by atoms with E-state index in [4.69, 9.17) is 0 Å². The van der Waals surface area contributed by atoms with Crippen LogP contribution in [0.1, 0.15) is 33.6 Å². The number of nitro groups is 1. The monoisotopic (exact) mass is 336 g/mol. The number of hydrogen-bond acceptors (Lipinski definition) is 4. The quantitative estimate of drug-likeness (QED) is 0.497. The highest BCUT2D eigenvalue weighted by Gasteiger charge is 2.50. The lowest BCUT2D eigenvalue weighted by atomic mass is 9.89. The molecule has 7 nitrogen and oxygen atoms in total. The van der Waals surface area contributed by atoms with Crippen LogP contribution in [0.5, 0.6) is 0 Å². The maximum atomic E-state index is 11.9. The first-order valence-corrected chi connectivity index (χ1v) is 8.25. The number of quaternary nitrogens is 1. The summed E-state index contributed by atoms with van der Waals surface area (Å²) in [4.78, 5) is 22.6. The molecule has 1 aliphatic rings. The molecule has 2 atom stereocenters. The number of rotatable bonds is 4. The van der Waals surface area contributed by atoms with Gasteiger partial charge < -0.3 is 10.4 Å². The van der Waals surface area contributed by atoms with E-state index >= 15 is 0 Å². The molecule has 2 N–H and O–H groups in total. The summed E-state index contributed by atoms with van der Waals surface area (Å²) in [7, 11) is 0. The Morgan fingerprint density at radius 2 is 2.08 bits per heavy atom. The van der Waals surface area contributed by atoms with Gasteiger partial charge in [-0.25, -0.2) is 4.48 Å². The molecule has 0 aliphatic carbocycles. The van der Waals surface area contributed by atoms with Crippen molar-refractivity contribution in [3.63, 3.8) is 0 Å². The summed E-state index contributed by atoms with van der Waals surface area (Å²) in [5, 5.41) is 24.0. The maximum absolute atomic E-state index is 11.9. The van der Waals surface area contributed by atoms with Gasteiger partial charge in [-0.15, -0.1) is 0 Å². The number of para-hydroxylation sites is 2. The lowest BCUT2D eigenvalue weighted by Gasteiger charge is -2.48. The molecule has 0 bridgehead atoms. The average molecular weight is 336 g/mol. The first-order valence-electron chi connectivity index (χ1n) is 8.25. The number of hydrogen-bond donors (Lipinski definition) is 2. The molecular formula is C17H26N3O4+. The van der Waals surface area contributed by atoms with Crippen molar-refractivity contribution in [3.05, 3.63) is 34.4 Å². The van der Waals surface area contributed by atoms with Crippen molar-refractivity contribution in [2.75, 3.05) is 25.0 Å². The van der Waals surface area contributed by atoms with E-state index in [0.717, 1.165) is 12.8 Å². The Morgan fingerprint density at radius 1 is 1.42 bits per heavy atom. The number of benzene rings is 1. The Bertz CT molecular complexity index is 627. The van der Waals surface area contributed by atoms with E-state index in [1.807, 2.05) is 20.8 Å². The van der Waals surface area contributed by atoms with E-state index < -0.39 is 11.0 Å². The van der Waals surface area contributed by atoms with Gasteiger partial charge in [0.15, 0.2) is 0 Å². The first-order chi connectivity index (χ1) is 11.2. The standard InChI is InChI=1S/C17H25N3O4/c1-17(2,3)20(16(21)22)10-6-7-13(12-20)11-18-14-8-4-5-9-15(14)19(23)24/h4-5,8-9,13,18H,6-7,10-12H2,1-3H3/p+1/t13-,20?/m0/s1. The van der Waals surface area contributed by atoms with E-state index in [1.165, 1.54) is 6.07 Å². The minimum absolute atomic E-state index is 0.0379. The van der Waals surface area contributed by atoms with Crippen molar-refractivity contribution in [1.82, 2.24) is 0 Å². The zero-order chi connectivity index (χ0) is 18.0. The predicted molar refractivity (Wildman–Crippen MR) is 92.1 cm³/mol. The average Bonchev–Trinajstić information content (AvgIpc) is 2.52. The number of likely N-dealkylation sites (tertiary alicyclic amines) is 1. The fraction of sp³-hybridized carbons (Fsp3) is 0.588. The van der Waals surface area contributed by atoms with Crippen LogP contribution in [0.15, 0.2) is 24.3 Å². The van der Waals surface area contributed by atoms with Crippen molar-refractivity contribution >= 4 is 17.5 Å². The molecule has 1 aliphatic heterocycles. The van der Waals surface area contributed by atoms with Gasteiger partial charge in [-0.05, 0) is 39.7 Å². The molecule has 0 aromatic heterocycles. The van der Waals surface area contributed by atoms with Crippen molar-refractivity contribution in [3.8, 4) is 0 Å². The summed E-state index contributed by atoms with van der Waals surface area (Å²) in [6.45, 7) is 7.57. The Hall–Kier alpha value is -2.15. The number of nitrogens with zero attached hydrogens (tertiary/aromatic N) is 2. The summed E-state index contributed by atoms with van der Waals surface area (Å²) in [5.41, 5.74) is 0.142. The largest absolute Gasteiger partial charge is 0.513 e. The summed E-state index contributed by atoms with van der Waals surface area (Å²) < 4.78 is 0.0379. The van der Waals surface area contributed by atoms with Gasteiger partial charge in [-0.2, -0.15) is 4.79 Å². The van der Waals surface area contributed by atoms with Crippen LogP contribution in [0.4, 0.5) is 16.2 Å². The highest BCUT2D eigenvalue weighted by atomic mass is 16.6. The first kappa shape index (κ1) is 18.2. The minimum atomic E-state index is -0.794. The highest BCUT2D eigenvalue weighted by molar-refractivity contribution is 5.61. The molecule has 0 radical (unpaired) electrons. The zero-order valence-electron chi connectivity index (χ0n) is 14.5. The second-order valence-corrected chi connectivity index (χ2v) is 7.49. The molecule has 1 aromatic carbocycles. The number of nitro benzene ring substituents is 1. The van der Waals surface area contributed by atoms with Crippen molar-refractivity contribution in [2.45, 2.75) is 39.2 Å². The fourth-order valence-electron chi connectivity index (χ4n) is 3.55. The predicted octanol–water partition coefficient (Wildman–Crippen LogP) is 3.71. The summed E-state index contributed by atoms with van der Waals surface area (Å²) in [5.74, 6) is 0.161. The van der Waals surface area contributed by atoms with E-state index in [1.54, 1.807) is 18.2 Å². The van der Waals surface area contributed by atoms with Gasteiger partial charge >= 0.3 is 6.09 Å². The van der Waals surface area contributed by atoms with Crippen LogP contribution < -0.4 is 5.32 Å². The number of anilines is 1. The third-order valence-electron chi connectivity index (χ3n) is 5.05. The highest BCUT2D eigenvalue weighted by Crippen LogP contribution is 2.34. The van der Waals surface area contributed by atoms with Crippen LogP contribution in [-0.2, 0) is 0 Å². The van der Waals surface area contributed by atoms with E-state index in [0.29, 0.717) is 25.3 Å². The Labute approximate surface area is 142 Å². The van der Waals surface area contributed by atoms with Crippen LogP contribution >= 0.6 is 0 Å². The van der Waals surface area contributed by atoms with Gasteiger partial charge in [0.2, 0.25) is 0 Å². The number of nitrogens with one attached hydrogen (secondary N) is 1. The molecule has 0 spiro atoms. The van der Waals surface area contributed by atoms with Gasteiger partial charge in [0.1, 0.15) is 11.2 Å². The second-order valence-electron chi connectivity index (χ2n) is 7.49. The normalized spacial score (nSPS) is 24.4. The van der Waals surface area contributed by atoms with Crippen LogP contribution in [0.25, 0.3) is 0 Å². The Kier molecular flexibility index (Phi) is 5.13. The number of amides is 1. The number of carbonyl (C=O) groups is 1. The number of piperidine rings is 1. The van der Waals surface area contributed by atoms with Crippen LogP contribution in [0, 0.1) is 16.0 Å². The molecule has 2 rings (SSSR count). The van der Waals surface area contributed by atoms with Crippen LogP contribution in [-0.4, -0.2) is 45.8 Å². The van der Waals surface area contributed by atoms with Gasteiger partial charge in [-0.1, -0.05) is 12.1 Å².